The summed E-state index contributed by atoms with van der Waals surface area (Å²) >= 11 is 0. The van der Waals surface area contributed by atoms with Crippen LogP contribution < -0.4 is 31.2 Å². The number of aromatic amines is 1. The molecule has 0 radical (unpaired) electrons. The van der Waals surface area contributed by atoms with Crippen molar-refractivity contribution < 1.29 is 39.1 Å². The zero-order valence-corrected chi connectivity index (χ0v) is 41.7. The van der Waals surface area contributed by atoms with Crippen LogP contribution in [0.1, 0.15) is 126 Å². The fraction of sp³-hybridized carbons (Fsp3) is 0.482. The molecule has 0 amide bonds. The van der Waals surface area contributed by atoms with Gasteiger partial charge in [-0.05, 0) is 116 Å². The predicted octanol–water partition coefficient (Wildman–Crippen LogP) is 9.00. The minimum Gasteiger partial charge on any atom is -0.504 e. The summed E-state index contributed by atoms with van der Waals surface area (Å²) in [6.45, 7) is 5.27. The van der Waals surface area contributed by atoms with Crippen molar-refractivity contribution in [2.24, 2.45) is 16.6 Å². The van der Waals surface area contributed by atoms with E-state index in [-0.39, 0.29) is 65.4 Å². The number of nitrogens with zero attached hydrogens (tertiary/aromatic N) is 3. The van der Waals surface area contributed by atoms with E-state index in [1.807, 2.05) is 36.5 Å². The Morgan fingerprint density at radius 3 is 2.74 bits per heavy atom. The van der Waals surface area contributed by atoms with Crippen LogP contribution in [-0.4, -0.2) is 85.3 Å². The molecule has 72 heavy (non-hydrogen) atoms. The Morgan fingerprint density at radius 2 is 1.92 bits per heavy atom. The van der Waals surface area contributed by atoms with Crippen LogP contribution in [0.15, 0.2) is 108 Å². The summed E-state index contributed by atoms with van der Waals surface area (Å²) in [5.74, 6) is 1.18. The van der Waals surface area contributed by atoms with Crippen molar-refractivity contribution in [1.29, 1.82) is 0 Å². The molecule has 384 valence electrons. The topological polar surface area (TPSA) is 223 Å². The molecule has 0 unspecified atom stereocenters. The van der Waals surface area contributed by atoms with E-state index in [4.69, 9.17) is 29.7 Å². The molecule has 9 rings (SSSR count). The molecule has 3 aromatic heterocycles. The van der Waals surface area contributed by atoms with Gasteiger partial charge in [-0.1, -0.05) is 44.4 Å². The van der Waals surface area contributed by atoms with Crippen molar-refractivity contribution in [2.75, 3.05) is 19.7 Å². The van der Waals surface area contributed by atoms with E-state index in [1.54, 1.807) is 24.5 Å². The first-order valence-corrected chi connectivity index (χ1v) is 26.0. The van der Waals surface area contributed by atoms with Crippen molar-refractivity contribution in [3.05, 3.63) is 120 Å². The molecule has 0 bridgehead atoms. The van der Waals surface area contributed by atoms with Gasteiger partial charge in [0.15, 0.2) is 29.0 Å². The number of carbonyl (C=O) groups is 1. The highest BCUT2D eigenvalue weighted by Crippen LogP contribution is 2.45. The molecule has 16 heteroatoms. The number of hydrogen-bond acceptors (Lipinski definition) is 12. The van der Waals surface area contributed by atoms with E-state index in [2.05, 4.69) is 61.9 Å². The molecule has 5 aromatic rings. The number of carbonyl (C=O) groups excluding carboxylic acids is 1. The summed E-state index contributed by atoms with van der Waals surface area (Å²) in [6.07, 6.45) is 24.6. The van der Waals surface area contributed by atoms with Crippen molar-refractivity contribution in [3.63, 3.8) is 0 Å². The van der Waals surface area contributed by atoms with E-state index in [0.29, 0.717) is 49.4 Å². The average molecular weight is 985 g/mol. The van der Waals surface area contributed by atoms with E-state index < -0.39 is 12.2 Å². The summed E-state index contributed by atoms with van der Waals surface area (Å²) in [6, 6.07) is 14.8. The van der Waals surface area contributed by atoms with Crippen LogP contribution in [-0.2, 0) is 27.1 Å². The third kappa shape index (κ3) is 12.8. The normalized spacial score (nSPS) is 24.1. The van der Waals surface area contributed by atoms with Gasteiger partial charge >= 0.3 is 5.97 Å². The molecule has 2 saturated heterocycles. The number of aromatic nitrogens is 3. The summed E-state index contributed by atoms with van der Waals surface area (Å²) in [7, 11) is 0. The van der Waals surface area contributed by atoms with E-state index >= 15 is 0 Å². The van der Waals surface area contributed by atoms with Gasteiger partial charge < -0.3 is 65.5 Å². The first-order valence-electron chi connectivity index (χ1n) is 26.0. The van der Waals surface area contributed by atoms with E-state index in [9.17, 15) is 20.1 Å². The van der Waals surface area contributed by atoms with Crippen LogP contribution in [0, 0.1) is 5.92 Å². The molecule has 4 aliphatic rings. The van der Waals surface area contributed by atoms with Gasteiger partial charge in [0.25, 0.3) is 0 Å². The van der Waals surface area contributed by atoms with Gasteiger partial charge in [0.1, 0.15) is 18.4 Å². The third-order valence-electron chi connectivity index (χ3n) is 14.7. The molecule has 1 saturated carbocycles. The molecule has 1 aliphatic carbocycles. The second kappa shape index (κ2) is 23.2. The zero-order valence-electron chi connectivity index (χ0n) is 41.7. The zero-order chi connectivity index (χ0) is 50.0. The minimum atomic E-state index is -0.554. The maximum atomic E-state index is 12.5. The number of hydrogen-bond donors (Lipinski definition) is 8. The van der Waals surface area contributed by atoms with Gasteiger partial charge in [-0.15, -0.1) is 0 Å². The molecule has 3 aliphatic heterocycles. The monoisotopic (exact) mass is 985 g/mol. The lowest BCUT2D eigenvalue weighted by molar-refractivity contribution is -0.165. The Labute approximate surface area is 422 Å². The van der Waals surface area contributed by atoms with Crippen molar-refractivity contribution in [2.45, 2.75) is 146 Å². The number of allylic oxidation sites excluding steroid dienone is 2. The molecule has 6 heterocycles. The Morgan fingerprint density at radius 1 is 1.01 bits per heavy atom. The SMILES string of the molecule is CCCCC[C@H](Cc1ccc(O)c(O[C@@H]2CCC[C@]3(C2)C[C@@H](n2cc4cc[nH]c4c2)NC(=NCCCC2=CCNC(N)=C2)N3)c1)[C@H]1C[C@@H](OC(C)=O)C[C@@H](c2cc(O)c(O)c(OCCc3cccnc3)c2)O1. The molecule has 9 N–H and O–H groups in total. The smallest absolute Gasteiger partial charge is 0.302 e. The molecule has 7 atom stereocenters. The standard InChI is InChI=1S/C56H72N8O8/c1-3-4-5-11-40(48-29-44(70-36(2)65)30-49(72-48)42-27-47(67)54(68)51(28-42)69-23-17-38-10-7-19-58-33-38)24-39-13-14-46(66)50(25-39)71-43-12-6-18-56(31-43)32-53(64-34-41-16-22-59-45(41)35-64)62-55(63-56)61-20-8-9-37-15-21-60-52(57)26-37/h7,10,13-16,19,22,25-28,33-35,40,43-44,48-49,53,59-60,66-68H,3-6,8-9,11-12,17-18,20-21,23-24,29-32,57H2,1-2H3,(H2,61,62,63)/t40-,43-,44-,48-,49+,53-,56+/m1/s1. The van der Waals surface area contributed by atoms with Crippen LogP contribution in [0.4, 0.5) is 0 Å². The number of phenolic OH excluding ortho intramolecular Hbond substituents is 3. The van der Waals surface area contributed by atoms with E-state index in [1.165, 1.54) is 18.6 Å². The number of rotatable bonds is 20. The molecule has 2 aromatic carbocycles. The number of unbranched alkanes of at least 4 members (excludes halogenated alkanes) is 2. The number of benzene rings is 2. The van der Waals surface area contributed by atoms with Crippen molar-refractivity contribution in [1.82, 2.24) is 30.5 Å². The number of dihydropyridines is 1. The number of nitrogens with one attached hydrogen (secondary N) is 4. The molecular formula is C56H72N8O8. The van der Waals surface area contributed by atoms with Crippen LogP contribution in [0.25, 0.3) is 10.9 Å². The lowest BCUT2D eigenvalue weighted by atomic mass is 9.76. The number of aromatic hydroxyl groups is 3. The van der Waals surface area contributed by atoms with Crippen LogP contribution in [0.5, 0.6) is 28.7 Å². The second-order valence-corrected chi connectivity index (χ2v) is 20.2. The van der Waals surface area contributed by atoms with Crippen LogP contribution >= 0.6 is 0 Å². The summed E-state index contributed by atoms with van der Waals surface area (Å²) in [5, 5.41) is 45.0. The second-order valence-electron chi connectivity index (χ2n) is 20.2. The highest BCUT2D eigenvalue weighted by atomic mass is 16.6. The van der Waals surface area contributed by atoms with E-state index in [0.717, 1.165) is 105 Å². The number of H-pyrrole nitrogens is 1. The third-order valence-corrected chi connectivity index (χ3v) is 14.7. The molecule has 1 spiro atoms. The Balaban J connectivity index is 0.908. The number of guanidine groups is 1. The average Bonchev–Trinajstić information content (AvgIpc) is 3.99. The first-order chi connectivity index (χ1) is 35.0. The minimum absolute atomic E-state index is 0.0222. The van der Waals surface area contributed by atoms with Crippen LogP contribution in [0.3, 0.4) is 0 Å². The van der Waals surface area contributed by atoms with Gasteiger partial charge in [-0.25, -0.2) is 0 Å². The summed E-state index contributed by atoms with van der Waals surface area (Å²) < 4.78 is 28.0. The Kier molecular flexibility index (Phi) is 16.1. The number of esters is 1. The number of nitrogens with two attached hydrogens (primary N) is 1. The highest BCUT2D eigenvalue weighted by Gasteiger charge is 2.44. The maximum absolute atomic E-state index is 12.5. The van der Waals surface area contributed by atoms with Gasteiger partial charge in [0, 0.05) is 94.0 Å². The van der Waals surface area contributed by atoms with Crippen molar-refractivity contribution >= 4 is 22.8 Å². The largest absolute Gasteiger partial charge is 0.504 e. The maximum Gasteiger partial charge on any atom is 0.302 e. The summed E-state index contributed by atoms with van der Waals surface area (Å²) in [5.41, 5.74) is 10.7. The number of phenols is 3. The van der Waals surface area contributed by atoms with Crippen molar-refractivity contribution in [3.8, 4) is 28.7 Å². The fourth-order valence-electron chi connectivity index (χ4n) is 11.1. The predicted molar refractivity (Wildman–Crippen MR) is 277 cm³/mol. The lowest BCUT2D eigenvalue weighted by Crippen LogP contribution is -2.63. The molecular weight excluding hydrogens is 913 g/mol. The van der Waals surface area contributed by atoms with Crippen LogP contribution in [0.2, 0.25) is 0 Å². The number of fused-ring (bicyclic) bond motifs is 1. The Hall–Kier alpha value is -6.81. The van der Waals surface area contributed by atoms with Gasteiger partial charge in [-0.3, -0.25) is 14.8 Å². The number of ether oxygens (including phenoxy) is 4. The lowest BCUT2D eigenvalue weighted by Gasteiger charge is -2.48. The fourth-order valence-corrected chi connectivity index (χ4v) is 11.1. The van der Waals surface area contributed by atoms with Gasteiger partial charge in [0.05, 0.1) is 30.2 Å². The Bertz CT molecular complexity index is 2690. The number of pyridine rings is 1. The molecule has 3 fully saturated rings. The van der Waals surface area contributed by atoms with Gasteiger partial charge in [-0.2, -0.15) is 0 Å². The molecule has 16 nitrogen and oxygen atoms in total. The van der Waals surface area contributed by atoms with Gasteiger partial charge in [0.2, 0.25) is 5.75 Å². The summed E-state index contributed by atoms with van der Waals surface area (Å²) in [4.78, 5) is 25.1. The quantitative estimate of drug-likeness (QED) is 0.0207. The highest BCUT2D eigenvalue weighted by molar-refractivity contribution is 5.82. The number of aliphatic imine (C=N–C) groups is 1. The first kappa shape index (κ1) is 50.1.